The zero-order valence-corrected chi connectivity index (χ0v) is 11.5. The molecule has 0 atom stereocenters. The molecule has 0 aliphatic heterocycles. The summed E-state index contributed by atoms with van der Waals surface area (Å²) < 4.78 is 0. The molecule has 0 spiro atoms. The Balaban J connectivity index is 2.48. The quantitative estimate of drug-likeness (QED) is 0.540. The number of thiocarbonyl (C=S) groups is 1. The number of hydrazine groups is 1. The number of rotatable bonds is 1. The lowest BCUT2D eigenvalue weighted by atomic mass is 10.0. The van der Waals surface area contributed by atoms with Crippen LogP contribution < -0.4 is 16.6 Å². The molecule has 6 heteroatoms. The number of nitrogens with two attached hydrogens (primary N) is 1. The smallest absolute Gasteiger partial charge is 0.271 e. The summed E-state index contributed by atoms with van der Waals surface area (Å²) >= 11 is 4.64. The number of para-hydroxylation sites is 1. The van der Waals surface area contributed by atoms with E-state index >= 15 is 0 Å². The highest BCUT2D eigenvalue weighted by Crippen LogP contribution is 2.22. The first-order valence-corrected chi connectivity index (χ1v) is 6.13. The second-order valence-corrected chi connectivity index (χ2v) is 4.60. The number of hydrogen-bond acceptors (Lipinski definition) is 3. The van der Waals surface area contributed by atoms with Crippen LogP contribution in [0.1, 0.15) is 21.6 Å². The van der Waals surface area contributed by atoms with Crippen molar-refractivity contribution in [3.05, 3.63) is 41.1 Å². The number of carbonyl (C=O) groups is 1. The highest BCUT2D eigenvalue weighted by Gasteiger charge is 2.15. The first kappa shape index (κ1) is 13.2. The highest BCUT2D eigenvalue weighted by atomic mass is 32.1. The van der Waals surface area contributed by atoms with Gasteiger partial charge >= 0.3 is 0 Å². The van der Waals surface area contributed by atoms with Gasteiger partial charge in [-0.05, 0) is 37.7 Å². The van der Waals surface area contributed by atoms with E-state index in [2.05, 4.69) is 28.1 Å². The third kappa shape index (κ3) is 2.63. The maximum atomic E-state index is 12.1. The van der Waals surface area contributed by atoms with Crippen LogP contribution in [0.25, 0.3) is 10.9 Å². The molecule has 0 aliphatic rings. The van der Waals surface area contributed by atoms with Crippen LogP contribution in [0.3, 0.4) is 0 Å². The Hall–Kier alpha value is -2.21. The lowest BCUT2D eigenvalue weighted by Gasteiger charge is -2.13. The molecule has 0 saturated heterocycles. The molecule has 0 radical (unpaired) electrons. The Morgan fingerprint density at radius 1 is 1.26 bits per heavy atom. The largest absolute Gasteiger partial charge is 0.375 e. The van der Waals surface area contributed by atoms with Crippen molar-refractivity contribution in [2.24, 2.45) is 5.73 Å². The minimum atomic E-state index is -0.305. The SMILES string of the molecule is Cc1nc2ccccc2c(C)c1C(=O)NNC(N)=S. The van der Waals surface area contributed by atoms with E-state index in [9.17, 15) is 4.79 Å². The van der Waals surface area contributed by atoms with Crippen molar-refractivity contribution in [2.45, 2.75) is 13.8 Å². The lowest BCUT2D eigenvalue weighted by molar-refractivity contribution is 0.0942. The van der Waals surface area contributed by atoms with Crippen molar-refractivity contribution < 1.29 is 4.79 Å². The molecule has 0 bridgehead atoms. The molecule has 1 aromatic carbocycles. The van der Waals surface area contributed by atoms with Crippen molar-refractivity contribution in [2.75, 3.05) is 0 Å². The van der Waals surface area contributed by atoms with Gasteiger partial charge in [0.05, 0.1) is 16.8 Å². The first-order chi connectivity index (χ1) is 9.00. The molecule has 19 heavy (non-hydrogen) atoms. The Morgan fingerprint density at radius 3 is 2.63 bits per heavy atom. The van der Waals surface area contributed by atoms with Gasteiger partial charge in [0.25, 0.3) is 5.91 Å². The third-order valence-corrected chi connectivity index (χ3v) is 2.96. The third-order valence-electron chi connectivity index (χ3n) is 2.86. The molecule has 0 unspecified atom stereocenters. The van der Waals surface area contributed by atoms with Crippen LogP contribution in [0, 0.1) is 13.8 Å². The maximum absolute atomic E-state index is 12.1. The van der Waals surface area contributed by atoms with Crippen LogP contribution in [-0.4, -0.2) is 16.0 Å². The van der Waals surface area contributed by atoms with Gasteiger partial charge in [-0.2, -0.15) is 0 Å². The number of benzene rings is 1. The topological polar surface area (TPSA) is 80.0 Å². The van der Waals surface area contributed by atoms with Crippen molar-refractivity contribution in [1.29, 1.82) is 0 Å². The Kier molecular flexibility index (Phi) is 3.62. The predicted octanol–water partition coefficient (Wildman–Crippen LogP) is 1.33. The second kappa shape index (κ2) is 5.19. The highest BCUT2D eigenvalue weighted by molar-refractivity contribution is 7.80. The zero-order valence-electron chi connectivity index (χ0n) is 10.7. The summed E-state index contributed by atoms with van der Waals surface area (Å²) in [5.74, 6) is -0.305. The zero-order chi connectivity index (χ0) is 14.0. The molecule has 98 valence electrons. The molecular weight excluding hydrogens is 260 g/mol. The van der Waals surface area contributed by atoms with Crippen LogP contribution in [0.2, 0.25) is 0 Å². The minimum absolute atomic E-state index is 0.0115. The van der Waals surface area contributed by atoms with Gasteiger partial charge in [0.15, 0.2) is 5.11 Å². The van der Waals surface area contributed by atoms with Gasteiger partial charge < -0.3 is 5.73 Å². The predicted molar refractivity (Wildman–Crippen MR) is 78.6 cm³/mol. The Bertz CT molecular complexity index is 669. The number of fused-ring (bicyclic) bond motifs is 1. The van der Waals surface area contributed by atoms with Gasteiger partial charge in [-0.3, -0.25) is 20.6 Å². The fourth-order valence-corrected chi connectivity index (χ4v) is 2.10. The molecule has 4 N–H and O–H groups in total. The van der Waals surface area contributed by atoms with E-state index in [1.165, 1.54) is 0 Å². The van der Waals surface area contributed by atoms with Crippen LogP contribution in [0.15, 0.2) is 24.3 Å². The fourth-order valence-electron chi connectivity index (χ4n) is 2.05. The minimum Gasteiger partial charge on any atom is -0.375 e. The molecule has 2 aromatic rings. The summed E-state index contributed by atoms with van der Waals surface area (Å²) in [7, 11) is 0. The van der Waals surface area contributed by atoms with E-state index in [4.69, 9.17) is 5.73 Å². The van der Waals surface area contributed by atoms with Crippen LogP contribution in [0.4, 0.5) is 0 Å². The summed E-state index contributed by atoms with van der Waals surface area (Å²) in [4.78, 5) is 16.5. The lowest BCUT2D eigenvalue weighted by Crippen LogP contribution is -2.44. The number of amides is 1. The summed E-state index contributed by atoms with van der Waals surface area (Å²) in [5.41, 5.74) is 13.1. The maximum Gasteiger partial charge on any atom is 0.271 e. The normalized spacial score (nSPS) is 10.2. The van der Waals surface area contributed by atoms with Gasteiger partial charge in [-0.1, -0.05) is 18.2 Å². The van der Waals surface area contributed by atoms with E-state index in [0.29, 0.717) is 11.3 Å². The van der Waals surface area contributed by atoms with Crippen molar-refractivity contribution >= 4 is 34.1 Å². The van der Waals surface area contributed by atoms with Crippen molar-refractivity contribution in [3.63, 3.8) is 0 Å². The van der Waals surface area contributed by atoms with Gasteiger partial charge in [-0.15, -0.1) is 0 Å². The van der Waals surface area contributed by atoms with Crippen LogP contribution >= 0.6 is 12.2 Å². The average molecular weight is 274 g/mol. The number of aromatic nitrogens is 1. The number of carbonyl (C=O) groups excluding carboxylic acids is 1. The Morgan fingerprint density at radius 2 is 1.95 bits per heavy atom. The summed E-state index contributed by atoms with van der Waals surface area (Å²) in [6.07, 6.45) is 0. The number of hydrogen-bond donors (Lipinski definition) is 3. The van der Waals surface area contributed by atoms with E-state index < -0.39 is 0 Å². The van der Waals surface area contributed by atoms with E-state index in [0.717, 1.165) is 16.5 Å². The standard InChI is InChI=1S/C13H14N4OS/c1-7-9-5-3-4-6-10(9)15-8(2)11(7)12(18)16-17-13(14)19/h3-6H,1-2H3,(H,16,18)(H3,14,17,19). The van der Waals surface area contributed by atoms with Gasteiger partial charge in [0.1, 0.15) is 0 Å². The monoisotopic (exact) mass is 274 g/mol. The summed E-state index contributed by atoms with van der Waals surface area (Å²) in [5, 5.41) is 0.964. The molecule has 0 fully saturated rings. The Labute approximate surface area is 116 Å². The first-order valence-electron chi connectivity index (χ1n) is 5.72. The number of nitrogens with zero attached hydrogens (tertiary/aromatic N) is 1. The van der Waals surface area contributed by atoms with Gasteiger partial charge in [-0.25, -0.2) is 0 Å². The molecule has 2 rings (SSSR count). The second-order valence-electron chi connectivity index (χ2n) is 4.16. The van der Waals surface area contributed by atoms with Gasteiger partial charge in [0, 0.05) is 5.39 Å². The molecule has 1 heterocycles. The molecule has 1 amide bonds. The van der Waals surface area contributed by atoms with E-state index in [-0.39, 0.29) is 11.0 Å². The van der Waals surface area contributed by atoms with Crippen molar-refractivity contribution in [1.82, 2.24) is 15.8 Å². The molecule has 1 aromatic heterocycles. The molecule has 5 nitrogen and oxygen atoms in total. The van der Waals surface area contributed by atoms with Crippen LogP contribution in [0.5, 0.6) is 0 Å². The fraction of sp³-hybridized carbons (Fsp3) is 0.154. The van der Waals surface area contributed by atoms with Crippen LogP contribution in [-0.2, 0) is 0 Å². The summed E-state index contributed by atoms with van der Waals surface area (Å²) in [6.45, 7) is 3.70. The number of nitrogens with one attached hydrogen (secondary N) is 2. The summed E-state index contributed by atoms with van der Waals surface area (Å²) in [6, 6.07) is 7.70. The van der Waals surface area contributed by atoms with Crippen molar-refractivity contribution in [3.8, 4) is 0 Å². The van der Waals surface area contributed by atoms with Gasteiger partial charge in [0.2, 0.25) is 0 Å². The number of pyridine rings is 1. The number of aryl methyl sites for hydroxylation is 2. The molecule has 0 aliphatic carbocycles. The van der Waals surface area contributed by atoms with E-state index in [1.807, 2.05) is 31.2 Å². The molecule has 0 saturated carbocycles. The average Bonchev–Trinajstić information content (AvgIpc) is 2.36. The van der Waals surface area contributed by atoms with E-state index in [1.54, 1.807) is 6.92 Å². The molecular formula is C13H14N4OS.